The van der Waals surface area contributed by atoms with E-state index in [4.69, 9.17) is 28.4 Å². The Balaban J connectivity index is 0.942. The van der Waals surface area contributed by atoms with Gasteiger partial charge in [0, 0.05) is 28.4 Å². The van der Waals surface area contributed by atoms with Crippen LogP contribution in [0.25, 0.3) is 21.8 Å². The Bertz CT molecular complexity index is 1230. The van der Waals surface area contributed by atoms with Crippen LogP contribution in [0.2, 0.25) is 0 Å². The first-order valence-electron chi connectivity index (χ1n) is 12.4. The van der Waals surface area contributed by atoms with Gasteiger partial charge in [0.1, 0.15) is 24.7 Å². The van der Waals surface area contributed by atoms with Crippen molar-refractivity contribution in [3.8, 4) is 11.5 Å². The molecule has 1 N–H and O–H groups in total. The molecule has 0 aliphatic carbocycles. The molecule has 0 atom stereocenters. The summed E-state index contributed by atoms with van der Waals surface area (Å²) in [6.45, 7) is 4.76. The van der Waals surface area contributed by atoms with Gasteiger partial charge in [0.2, 0.25) is 6.20 Å². The summed E-state index contributed by atoms with van der Waals surface area (Å²) in [6.07, 6.45) is 3.30. The third-order valence-corrected chi connectivity index (χ3v) is 5.48. The van der Waals surface area contributed by atoms with Gasteiger partial charge in [-0.05, 0) is 24.3 Å². The number of fused-ring (bicyclic) bond motifs is 2. The summed E-state index contributed by atoms with van der Waals surface area (Å²) in [5.74, 6) is 1.51. The van der Waals surface area contributed by atoms with Gasteiger partial charge in [0.05, 0.1) is 63.8 Å². The third kappa shape index (κ3) is 8.26. The van der Waals surface area contributed by atoms with E-state index < -0.39 is 0 Å². The van der Waals surface area contributed by atoms with Crippen LogP contribution in [0.3, 0.4) is 0 Å². The quantitative estimate of drug-likeness (QED) is 0.132. The molecule has 0 amide bonds. The molecule has 0 bridgehead atoms. The zero-order valence-corrected chi connectivity index (χ0v) is 20.8. The number of nitrogens with zero attached hydrogens (tertiary/aromatic N) is 2. The Morgan fingerprint density at radius 3 is 1.73 bits per heavy atom. The van der Waals surface area contributed by atoms with Crippen LogP contribution in [-0.2, 0) is 18.9 Å². The number of aromatic nitrogens is 2. The SMILES string of the molecule is O[n+]1ccc(OCCOCCOCCOCCOCCOc2ccnc3ccccc23)c2ccccc21. The molecule has 0 spiro atoms. The zero-order chi connectivity index (χ0) is 25.5. The average Bonchev–Trinajstić information content (AvgIpc) is 2.94. The number of hydrogen-bond acceptors (Lipinski definition) is 8. The van der Waals surface area contributed by atoms with Crippen molar-refractivity contribution in [3.05, 3.63) is 73.1 Å². The fourth-order valence-corrected chi connectivity index (χ4v) is 3.69. The second-order valence-electron chi connectivity index (χ2n) is 8.01. The first kappa shape index (κ1) is 26.6. The standard InChI is InChI=1S/C28H33N2O7/c31-30-12-10-28(24-6-2-4-8-26(24)30)37-22-20-35-18-16-33-14-13-32-15-17-34-19-21-36-27-9-11-29-25-7-3-1-5-23(25)27/h1-12,31H,13-22H2/q+1. The Labute approximate surface area is 216 Å². The minimum atomic E-state index is 0.409. The summed E-state index contributed by atoms with van der Waals surface area (Å²) in [4.78, 5) is 4.33. The predicted molar refractivity (Wildman–Crippen MR) is 137 cm³/mol. The van der Waals surface area contributed by atoms with Crippen LogP contribution < -0.4 is 14.2 Å². The van der Waals surface area contributed by atoms with Gasteiger partial charge in [-0.25, -0.2) is 0 Å². The lowest BCUT2D eigenvalue weighted by atomic mass is 10.2. The summed E-state index contributed by atoms with van der Waals surface area (Å²) in [7, 11) is 0. The lowest BCUT2D eigenvalue weighted by Crippen LogP contribution is -2.30. The van der Waals surface area contributed by atoms with Crippen molar-refractivity contribution >= 4 is 21.8 Å². The molecule has 0 saturated carbocycles. The zero-order valence-electron chi connectivity index (χ0n) is 20.8. The van der Waals surface area contributed by atoms with Crippen molar-refractivity contribution in [2.24, 2.45) is 0 Å². The van der Waals surface area contributed by atoms with Gasteiger partial charge in [-0.3, -0.25) is 10.2 Å². The maximum absolute atomic E-state index is 9.86. The molecule has 2 heterocycles. The van der Waals surface area contributed by atoms with Crippen LogP contribution >= 0.6 is 0 Å². The van der Waals surface area contributed by atoms with E-state index in [1.165, 1.54) is 0 Å². The highest BCUT2D eigenvalue weighted by Gasteiger charge is 2.12. The van der Waals surface area contributed by atoms with Crippen LogP contribution in [0.1, 0.15) is 0 Å². The second-order valence-corrected chi connectivity index (χ2v) is 8.01. The Morgan fingerprint density at radius 1 is 0.568 bits per heavy atom. The van der Waals surface area contributed by atoms with Crippen LogP contribution in [0.5, 0.6) is 11.5 Å². The molecule has 2 aromatic carbocycles. The summed E-state index contributed by atoms with van der Waals surface area (Å²) in [6, 6.07) is 19.0. The minimum absolute atomic E-state index is 0.409. The highest BCUT2D eigenvalue weighted by molar-refractivity contribution is 5.84. The van der Waals surface area contributed by atoms with Gasteiger partial charge in [0.15, 0.2) is 0 Å². The van der Waals surface area contributed by atoms with E-state index in [9.17, 15) is 5.21 Å². The molecule has 9 heteroatoms. The third-order valence-electron chi connectivity index (χ3n) is 5.48. The second kappa shape index (κ2) is 14.9. The number of hydrogen-bond donors (Lipinski definition) is 1. The van der Waals surface area contributed by atoms with Crippen molar-refractivity contribution in [2.45, 2.75) is 0 Å². The number of pyridine rings is 2. The van der Waals surface area contributed by atoms with E-state index in [1.54, 1.807) is 18.5 Å². The van der Waals surface area contributed by atoms with Gasteiger partial charge >= 0.3 is 0 Å². The monoisotopic (exact) mass is 509 g/mol. The highest BCUT2D eigenvalue weighted by Crippen LogP contribution is 2.23. The number of para-hydroxylation sites is 2. The lowest BCUT2D eigenvalue weighted by molar-refractivity contribution is -0.884. The van der Waals surface area contributed by atoms with E-state index in [0.717, 1.165) is 26.8 Å². The fourth-order valence-electron chi connectivity index (χ4n) is 3.69. The normalized spacial score (nSPS) is 11.2. The van der Waals surface area contributed by atoms with E-state index >= 15 is 0 Å². The number of ether oxygens (including phenoxy) is 6. The van der Waals surface area contributed by atoms with E-state index in [0.29, 0.717) is 77.3 Å². The van der Waals surface area contributed by atoms with E-state index in [-0.39, 0.29) is 0 Å². The Hall–Kier alpha value is -3.50. The van der Waals surface area contributed by atoms with Gasteiger partial charge < -0.3 is 28.4 Å². The molecular weight excluding hydrogens is 476 g/mol. The van der Waals surface area contributed by atoms with Gasteiger partial charge in [-0.1, -0.05) is 24.3 Å². The lowest BCUT2D eigenvalue weighted by Gasteiger charge is -2.10. The largest absolute Gasteiger partial charge is 0.490 e. The smallest absolute Gasteiger partial charge is 0.268 e. The Morgan fingerprint density at radius 2 is 1.08 bits per heavy atom. The van der Waals surface area contributed by atoms with Gasteiger partial charge in [-0.15, -0.1) is 0 Å². The molecule has 196 valence electrons. The van der Waals surface area contributed by atoms with Crippen LogP contribution in [0.4, 0.5) is 0 Å². The predicted octanol–water partition coefficient (Wildman–Crippen LogP) is 3.44. The average molecular weight is 510 g/mol. The summed E-state index contributed by atoms with van der Waals surface area (Å²) in [5, 5.41) is 11.7. The van der Waals surface area contributed by atoms with Crippen molar-refractivity contribution in [2.75, 3.05) is 66.1 Å². The summed E-state index contributed by atoms with van der Waals surface area (Å²) >= 11 is 0. The highest BCUT2D eigenvalue weighted by atomic mass is 16.6. The molecule has 0 unspecified atom stereocenters. The van der Waals surface area contributed by atoms with Crippen LogP contribution in [0.15, 0.2) is 73.1 Å². The fraction of sp³-hybridized carbons (Fsp3) is 0.357. The first-order valence-corrected chi connectivity index (χ1v) is 12.4. The molecule has 0 aliphatic rings. The van der Waals surface area contributed by atoms with Gasteiger partial charge in [0.25, 0.3) is 5.52 Å². The maximum atomic E-state index is 9.86. The van der Waals surface area contributed by atoms with Crippen molar-refractivity contribution < 1.29 is 38.4 Å². The van der Waals surface area contributed by atoms with Crippen molar-refractivity contribution in [1.82, 2.24) is 4.98 Å². The molecule has 0 radical (unpaired) electrons. The molecule has 2 aromatic heterocycles. The molecule has 9 nitrogen and oxygen atoms in total. The van der Waals surface area contributed by atoms with E-state index in [1.807, 2.05) is 54.6 Å². The summed E-state index contributed by atoms with van der Waals surface area (Å²) < 4.78 is 34.8. The van der Waals surface area contributed by atoms with E-state index in [2.05, 4.69) is 4.98 Å². The topological polar surface area (TPSA) is 92.4 Å². The van der Waals surface area contributed by atoms with Crippen molar-refractivity contribution in [3.63, 3.8) is 0 Å². The summed E-state index contributed by atoms with van der Waals surface area (Å²) in [5.41, 5.74) is 1.60. The van der Waals surface area contributed by atoms with Crippen LogP contribution in [0, 0.1) is 0 Å². The molecule has 37 heavy (non-hydrogen) atoms. The molecule has 0 aliphatic heterocycles. The Kier molecular flexibility index (Phi) is 10.7. The van der Waals surface area contributed by atoms with Crippen LogP contribution in [-0.4, -0.2) is 76.3 Å². The first-order chi connectivity index (χ1) is 18.3. The molecule has 0 fully saturated rings. The molecule has 4 aromatic rings. The van der Waals surface area contributed by atoms with Crippen molar-refractivity contribution in [1.29, 1.82) is 0 Å². The maximum Gasteiger partial charge on any atom is 0.268 e. The molecular formula is C28H33N2O7+. The number of benzene rings is 2. The van der Waals surface area contributed by atoms with Gasteiger partial charge in [-0.2, -0.15) is 0 Å². The minimum Gasteiger partial charge on any atom is -0.490 e. The molecule has 0 saturated heterocycles. The number of rotatable bonds is 17. The molecule has 4 rings (SSSR count).